The number of carbonyl (C=O) groups is 1. The summed E-state index contributed by atoms with van der Waals surface area (Å²) in [6.07, 6.45) is 1.76. The van der Waals surface area contributed by atoms with Gasteiger partial charge in [-0.15, -0.1) is 0 Å². The normalized spacial score (nSPS) is 29.0. The topological polar surface area (TPSA) is 74.0 Å². The van der Waals surface area contributed by atoms with Crippen LogP contribution < -0.4 is 5.73 Å². The van der Waals surface area contributed by atoms with E-state index < -0.39 is 5.60 Å². The van der Waals surface area contributed by atoms with Gasteiger partial charge in [0.05, 0.1) is 25.9 Å². The van der Waals surface area contributed by atoms with E-state index in [4.69, 9.17) is 19.9 Å². The molecule has 21 heavy (non-hydrogen) atoms. The molecule has 0 radical (unpaired) electrons. The van der Waals surface area contributed by atoms with Crippen LogP contribution in [0.15, 0.2) is 0 Å². The van der Waals surface area contributed by atoms with Gasteiger partial charge in [-0.2, -0.15) is 0 Å². The van der Waals surface area contributed by atoms with E-state index in [2.05, 4.69) is 0 Å². The Morgan fingerprint density at radius 1 is 1.29 bits per heavy atom. The molecule has 1 amide bonds. The molecule has 0 saturated carbocycles. The van der Waals surface area contributed by atoms with E-state index in [9.17, 15) is 4.79 Å². The maximum absolute atomic E-state index is 12.4. The number of amides is 1. The Kier molecular flexibility index (Phi) is 5.46. The molecule has 0 aromatic rings. The van der Waals surface area contributed by atoms with Crippen LogP contribution in [0.3, 0.4) is 0 Å². The zero-order chi connectivity index (χ0) is 15.5. The molecule has 3 unspecified atom stereocenters. The largest absolute Gasteiger partial charge is 0.444 e. The SMILES string of the molecule is CC(C)(C)OC(=O)N1CCOCC1C(N)C1CCCOC1. The van der Waals surface area contributed by atoms with Crippen molar-refractivity contribution < 1.29 is 19.0 Å². The quantitative estimate of drug-likeness (QED) is 0.834. The number of nitrogens with zero attached hydrogens (tertiary/aromatic N) is 1. The predicted octanol–water partition coefficient (Wildman–Crippen LogP) is 1.38. The second-order valence-electron chi connectivity index (χ2n) is 6.87. The summed E-state index contributed by atoms with van der Waals surface area (Å²) in [5.74, 6) is 0.274. The Labute approximate surface area is 126 Å². The second kappa shape index (κ2) is 6.94. The fourth-order valence-electron chi connectivity index (χ4n) is 2.87. The number of carbonyl (C=O) groups excluding carboxylic acids is 1. The first-order valence-electron chi connectivity index (χ1n) is 7.79. The van der Waals surface area contributed by atoms with Crippen LogP contribution in [0.5, 0.6) is 0 Å². The van der Waals surface area contributed by atoms with Crippen LogP contribution in [0.2, 0.25) is 0 Å². The molecule has 0 aromatic heterocycles. The van der Waals surface area contributed by atoms with E-state index in [1.54, 1.807) is 4.90 Å². The molecule has 2 rings (SSSR count). The molecule has 2 saturated heterocycles. The summed E-state index contributed by atoms with van der Waals surface area (Å²) in [7, 11) is 0. The van der Waals surface area contributed by atoms with Gasteiger partial charge in [-0.3, -0.25) is 4.90 Å². The summed E-state index contributed by atoms with van der Waals surface area (Å²) in [5, 5.41) is 0. The fraction of sp³-hybridized carbons (Fsp3) is 0.933. The van der Waals surface area contributed by atoms with Crippen molar-refractivity contribution in [1.82, 2.24) is 4.90 Å². The van der Waals surface area contributed by atoms with Gasteiger partial charge in [0.1, 0.15) is 5.60 Å². The first-order chi connectivity index (χ1) is 9.88. The summed E-state index contributed by atoms with van der Waals surface area (Å²) in [5.41, 5.74) is 5.90. The lowest BCUT2D eigenvalue weighted by molar-refractivity contribution is -0.0516. The number of morpholine rings is 1. The molecule has 2 fully saturated rings. The summed E-state index contributed by atoms with van der Waals surface area (Å²) in [6, 6.07) is -0.279. The lowest BCUT2D eigenvalue weighted by Crippen LogP contribution is -2.60. The Morgan fingerprint density at radius 3 is 2.62 bits per heavy atom. The molecule has 2 N–H and O–H groups in total. The van der Waals surface area contributed by atoms with Crippen LogP contribution in [0, 0.1) is 5.92 Å². The Bertz CT molecular complexity index is 350. The molecule has 0 aliphatic carbocycles. The van der Waals surface area contributed by atoms with Crippen molar-refractivity contribution in [2.75, 3.05) is 33.0 Å². The molecule has 6 heteroatoms. The smallest absolute Gasteiger partial charge is 0.410 e. The van der Waals surface area contributed by atoms with Crippen molar-refractivity contribution >= 4 is 6.09 Å². The Balaban J connectivity index is 2.02. The molecule has 2 aliphatic heterocycles. The first kappa shape index (κ1) is 16.5. The van der Waals surface area contributed by atoms with Crippen LogP contribution >= 0.6 is 0 Å². The monoisotopic (exact) mass is 300 g/mol. The number of ether oxygens (including phenoxy) is 3. The molecule has 0 bridgehead atoms. The zero-order valence-corrected chi connectivity index (χ0v) is 13.3. The van der Waals surface area contributed by atoms with Gasteiger partial charge in [-0.1, -0.05) is 0 Å². The third-order valence-electron chi connectivity index (χ3n) is 3.98. The van der Waals surface area contributed by atoms with Crippen molar-refractivity contribution in [3.05, 3.63) is 0 Å². The minimum Gasteiger partial charge on any atom is -0.444 e. The van der Waals surface area contributed by atoms with Gasteiger partial charge in [0.2, 0.25) is 0 Å². The fourth-order valence-corrected chi connectivity index (χ4v) is 2.87. The molecule has 3 atom stereocenters. The summed E-state index contributed by atoms with van der Waals surface area (Å²) < 4.78 is 16.5. The summed E-state index contributed by atoms with van der Waals surface area (Å²) in [6.45, 7) is 8.61. The van der Waals surface area contributed by atoms with Crippen LogP contribution in [0.4, 0.5) is 4.79 Å². The van der Waals surface area contributed by atoms with Gasteiger partial charge in [0.25, 0.3) is 0 Å². The molecule has 122 valence electrons. The molecule has 0 aromatic carbocycles. The van der Waals surface area contributed by atoms with Crippen molar-refractivity contribution in [2.45, 2.75) is 51.3 Å². The number of hydrogen-bond acceptors (Lipinski definition) is 5. The van der Waals surface area contributed by atoms with E-state index in [1.807, 2.05) is 20.8 Å². The van der Waals surface area contributed by atoms with Gasteiger partial charge >= 0.3 is 6.09 Å². The molecular weight excluding hydrogens is 272 g/mol. The zero-order valence-electron chi connectivity index (χ0n) is 13.3. The van der Waals surface area contributed by atoms with E-state index in [0.717, 1.165) is 19.4 Å². The first-order valence-corrected chi connectivity index (χ1v) is 7.79. The van der Waals surface area contributed by atoms with Gasteiger partial charge in [0.15, 0.2) is 0 Å². The third-order valence-corrected chi connectivity index (χ3v) is 3.98. The summed E-state index contributed by atoms with van der Waals surface area (Å²) in [4.78, 5) is 14.1. The highest BCUT2D eigenvalue weighted by molar-refractivity contribution is 5.68. The molecule has 2 heterocycles. The lowest BCUT2D eigenvalue weighted by Gasteiger charge is -2.42. The average molecular weight is 300 g/mol. The molecule has 0 spiro atoms. The van der Waals surface area contributed by atoms with E-state index in [0.29, 0.717) is 26.4 Å². The molecule has 6 nitrogen and oxygen atoms in total. The summed E-state index contributed by atoms with van der Waals surface area (Å²) >= 11 is 0. The maximum atomic E-state index is 12.4. The maximum Gasteiger partial charge on any atom is 0.410 e. The molecule has 2 aliphatic rings. The minimum absolute atomic E-state index is 0.139. The highest BCUT2D eigenvalue weighted by atomic mass is 16.6. The van der Waals surface area contributed by atoms with E-state index in [-0.39, 0.29) is 24.1 Å². The highest BCUT2D eigenvalue weighted by Crippen LogP contribution is 2.23. The van der Waals surface area contributed by atoms with Crippen LogP contribution in [0.25, 0.3) is 0 Å². The average Bonchev–Trinajstić information content (AvgIpc) is 2.45. The van der Waals surface area contributed by atoms with Gasteiger partial charge < -0.3 is 19.9 Å². The van der Waals surface area contributed by atoms with Crippen molar-refractivity contribution in [3.8, 4) is 0 Å². The second-order valence-corrected chi connectivity index (χ2v) is 6.87. The van der Waals surface area contributed by atoms with Gasteiger partial charge in [0, 0.05) is 19.2 Å². The van der Waals surface area contributed by atoms with Crippen molar-refractivity contribution in [3.63, 3.8) is 0 Å². The van der Waals surface area contributed by atoms with Crippen LogP contribution in [0.1, 0.15) is 33.6 Å². The van der Waals surface area contributed by atoms with Crippen molar-refractivity contribution in [1.29, 1.82) is 0 Å². The third kappa shape index (κ3) is 4.56. The lowest BCUT2D eigenvalue weighted by atomic mass is 9.88. The number of hydrogen-bond donors (Lipinski definition) is 1. The number of nitrogens with two attached hydrogens (primary N) is 1. The Hall–Kier alpha value is -0.850. The Morgan fingerprint density at radius 2 is 2.00 bits per heavy atom. The van der Waals surface area contributed by atoms with E-state index >= 15 is 0 Å². The van der Waals surface area contributed by atoms with Crippen molar-refractivity contribution in [2.24, 2.45) is 11.7 Å². The minimum atomic E-state index is -0.502. The predicted molar refractivity (Wildman–Crippen MR) is 79.1 cm³/mol. The van der Waals surface area contributed by atoms with E-state index in [1.165, 1.54) is 0 Å². The molecular formula is C15H28N2O4. The van der Waals surface area contributed by atoms with Gasteiger partial charge in [-0.05, 0) is 39.5 Å². The van der Waals surface area contributed by atoms with Crippen LogP contribution in [-0.2, 0) is 14.2 Å². The standard InChI is InChI=1S/C15H28N2O4/c1-15(2,3)21-14(18)17-6-8-20-10-12(17)13(16)11-5-4-7-19-9-11/h11-13H,4-10,16H2,1-3H3. The van der Waals surface area contributed by atoms with Crippen LogP contribution in [-0.4, -0.2) is 61.7 Å². The van der Waals surface area contributed by atoms with Gasteiger partial charge in [-0.25, -0.2) is 4.79 Å². The number of rotatable bonds is 2. The highest BCUT2D eigenvalue weighted by Gasteiger charge is 2.38.